The van der Waals surface area contributed by atoms with E-state index in [2.05, 4.69) is 21.2 Å². The fourth-order valence-corrected chi connectivity index (χ4v) is 3.40. The zero-order valence-corrected chi connectivity index (χ0v) is 16.0. The van der Waals surface area contributed by atoms with Crippen LogP contribution in [-0.2, 0) is 4.79 Å². The van der Waals surface area contributed by atoms with Gasteiger partial charge in [-0.1, -0.05) is 52.3 Å². The summed E-state index contributed by atoms with van der Waals surface area (Å²) in [5, 5.41) is 3.06. The summed E-state index contributed by atoms with van der Waals surface area (Å²) in [6.07, 6.45) is 4.99. The summed E-state index contributed by atoms with van der Waals surface area (Å²) in [5.41, 5.74) is 1.65. The van der Waals surface area contributed by atoms with Crippen LogP contribution in [0.2, 0.25) is 0 Å². The first-order valence-electron chi connectivity index (χ1n) is 8.71. The van der Waals surface area contributed by atoms with Gasteiger partial charge in [-0.3, -0.25) is 9.59 Å². The second-order valence-electron chi connectivity index (χ2n) is 6.29. The van der Waals surface area contributed by atoms with E-state index in [4.69, 9.17) is 0 Å². The van der Waals surface area contributed by atoms with Crippen LogP contribution in [0.3, 0.4) is 0 Å². The van der Waals surface area contributed by atoms with E-state index < -0.39 is 0 Å². The molecule has 3 rings (SSSR count). The van der Waals surface area contributed by atoms with Crippen LogP contribution in [0, 0.1) is 0 Å². The fraction of sp³-hybridized carbons (Fsp3) is 0.238. The Morgan fingerprint density at radius 3 is 2.35 bits per heavy atom. The van der Waals surface area contributed by atoms with Crippen molar-refractivity contribution in [3.05, 3.63) is 76.3 Å². The molecule has 0 aliphatic carbocycles. The number of hydrogen-bond donors (Lipinski definition) is 1. The van der Waals surface area contributed by atoms with Gasteiger partial charge in [0.15, 0.2) is 0 Å². The van der Waals surface area contributed by atoms with Gasteiger partial charge >= 0.3 is 0 Å². The molecule has 0 bridgehead atoms. The molecule has 5 heteroatoms. The Kier molecular flexibility index (Phi) is 6.23. The lowest BCUT2D eigenvalue weighted by Gasteiger charge is -2.31. The number of amides is 2. The summed E-state index contributed by atoms with van der Waals surface area (Å²) in [6, 6.07) is 17.1. The number of nitrogens with one attached hydrogen (secondary N) is 1. The van der Waals surface area contributed by atoms with E-state index in [9.17, 15) is 9.59 Å². The van der Waals surface area contributed by atoms with Crippen LogP contribution in [0.4, 0.5) is 0 Å². The maximum atomic E-state index is 12.4. The largest absolute Gasteiger partial charge is 0.349 e. The van der Waals surface area contributed by atoms with Gasteiger partial charge in [-0.05, 0) is 42.7 Å². The first-order valence-corrected chi connectivity index (χ1v) is 9.50. The number of carbonyl (C=O) groups excluding carboxylic acids is 2. The minimum atomic E-state index is -0.0517. The van der Waals surface area contributed by atoms with Crippen molar-refractivity contribution in [1.82, 2.24) is 10.2 Å². The molecule has 1 aliphatic rings. The standard InChI is InChI=1S/C21H21BrN2O2/c22-19-9-5-4-6-16(19)10-11-20(25)24-14-12-18(13-15-24)23-21(26)17-7-2-1-3-8-17/h1-11,18H,12-15H2,(H,23,26). The van der Waals surface area contributed by atoms with E-state index >= 15 is 0 Å². The molecule has 0 radical (unpaired) electrons. The molecule has 4 nitrogen and oxygen atoms in total. The molecular weight excluding hydrogens is 392 g/mol. The second kappa shape index (κ2) is 8.81. The number of benzene rings is 2. The topological polar surface area (TPSA) is 49.4 Å². The zero-order valence-electron chi connectivity index (χ0n) is 14.4. The van der Waals surface area contributed by atoms with Crippen LogP contribution in [0.15, 0.2) is 65.1 Å². The first kappa shape index (κ1) is 18.4. The Labute approximate surface area is 162 Å². The second-order valence-corrected chi connectivity index (χ2v) is 7.15. The number of halogens is 1. The number of likely N-dealkylation sites (tertiary alicyclic amines) is 1. The molecule has 0 atom stereocenters. The van der Waals surface area contributed by atoms with Gasteiger partial charge < -0.3 is 10.2 Å². The van der Waals surface area contributed by atoms with Gasteiger partial charge in [0, 0.05) is 35.2 Å². The van der Waals surface area contributed by atoms with E-state index in [0.29, 0.717) is 18.7 Å². The van der Waals surface area contributed by atoms with Crippen molar-refractivity contribution in [3.8, 4) is 0 Å². The molecule has 0 spiro atoms. The molecule has 26 heavy (non-hydrogen) atoms. The average molecular weight is 413 g/mol. The SMILES string of the molecule is O=C(NC1CCN(C(=O)C=Cc2ccccc2Br)CC1)c1ccccc1. The smallest absolute Gasteiger partial charge is 0.251 e. The third-order valence-corrected chi connectivity index (χ3v) is 5.21. The number of carbonyl (C=O) groups is 2. The molecule has 1 aliphatic heterocycles. The lowest BCUT2D eigenvalue weighted by atomic mass is 10.0. The van der Waals surface area contributed by atoms with Crippen LogP contribution in [0.25, 0.3) is 6.08 Å². The lowest BCUT2D eigenvalue weighted by molar-refractivity contribution is -0.126. The van der Waals surface area contributed by atoms with Crippen LogP contribution in [0.1, 0.15) is 28.8 Å². The number of piperidine rings is 1. The monoisotopic (exact) mass is 412 g/mol. The van der Waals surface area contributed by atoms with E-state index in [1.165, 1.54) is 0 Å². The Morgan fingerprint density at radius 1 is 1.00 bits per heavy atom. The minimum Gasteiger partial charge on any atom is -0.349 e. The van der Waals surface area contributed by atoms with E-state index in [1.807, 2.05) is 53.4 Å². The quantitative estimate of drug-likeness (QED) is 0.774. The van der Waals surface area contributed by atoms with Gasteiger partial charge in [0.25, 0.3) is 5.91 Å². The van der Waals surface area contributed by atoms with Crippen molar-refractivity contribution < 1.29 is 9.59 Å². The highest BCUT2D eigenvalue weighted by molar-refractivity contribution is 9.10. The average Bonchev–Trinajstić information content (AvgIpc) is 2.68. The van der Waals surface area contributed by atoms with Crippen molar-refractivity contribution in [2.75, 3.05) is 13.1 Å². The molecular formula is C21H21BrN2O2. The maximum Gasteiger partial charge on any atom is 0.251 e. The van der Waals surface area contributed by atoms with Crippen LogP contribution in [-0.4, -0.2) is 35.8 Å². The van der Waals surface area contributed by atoms with Gasteiger partial charge in [-0.15, -0.1) is 0 Å². The molecule has 2 amide bonds. The van der Waals surface area contributed by atoms with E-state index in [1.54, 1.807) is 18.2 Å². The van der Waals surface area contributed by atoms with Gasteiger partial charge in [-0.25, -0.2) is 0 Å². The highest BCUT2D eigenvalue weighted by atomic mass is 79.9. The summed E-state index contributed by atoms with van der Waals surface area (Å²) in [7, 11) is 0. The third kappa shape index (κ3) is 4.82. The molecule has 134 valence electrons. The van der Waals surface area contributed by atoms with E-state index in [0.717, 1.165) is 22.9 Å². The summed E-state index contributed by atoms with van der Waals surface area (Å²) in [6.45, 7) is 1.30. The predicted molar refractivity (Wildman–Crippen MR) is 107 cm³/mol. The fourth-order valence-electron chi connectivity index (χ4n) is 2.98. The van der Waals surface area contributed by atoms with Crippen molar-refractivity contribution >= 4 is 33.8 Å². The van der Waals surface area contributed by atoms with E-state index in [-0.39, 0.29) is 17.9 Å². The molecule has 1 heterocycles. The number of nitrogens with zero attached hydrogens (tertiary/aromatic N) is 1. The Morgan fingerprint density at radius 2 is 1.65 bits per heavy atom. The number of rotatable bonds is 4. The number of hydrogen-bond acceptors (Lipinski definition) is 2. The minimum absolute atomic E-state index is 0.00795. The Bertz CT molecular complexity index is 797. The van der Waals surface area contributed by atoms with Gasteiger partial charge in [0.2, 0.25) is 5.91 Å². The predicted octanol–water partition coefficient (Wildman–Crippen LogP) is 3.88. The van der Waals surface area contributed by atoms with Gasteiger partial charge in [0.1, 0.15) is 0 Å². The van der Waals surface area contributed by atoms with Gasteiger partial charge in [0.05, 0.1) is 0 Å². The molecule has 2 aromatic carbocycles. The highest BCUT2D eigenvalue weighted by Gasteiger charge is 2.23. The summed E-state index contributed by atoms with van der Waals surface area (Å²) in [5.74, 6) is -0.0437. The van der Waals surface area contributed by atoms with Crippen molar-refractivity contribution in [2.45, 2.75) is 18.9 Å². The normalized spacial score (nSPS) is 15.2. The molecule has 1 N–H and O–H groups in total. The lowest BCUT2D eigenvalue weighted by Crippen LogP contribution is -2.46. The van der Waals surface area contributed by atoms with Crippen LogP contribution < -0.4 is 5.32 Å². The molecule has 2 aromatic rings. The van der Waals surface area contributed by atoms with Crippen molar-refractivity contribution in [2.24, 2.45) is 0 Å². The summed E-state index contributed by atoms with van der Waals surface area (Å²) in [4.78, 5) is 26.4. The molecule has 0 unspecified atom stereocenters. The Hall–Kier alpha value is -2.40. The summed E-state index contributed by atoms with van der Waals surface area (Å²) >= 11 is 3.48. The molecule has 0 saturated carbocycles. The molecule has 1 fully saturated rings. The van der Waals surface area contributed by atoms with Gasteiger partial charge in [-0.2, -0.15) is 0 Å². The zero-order chi connectivity index (χ0) is 18.4. The third-order valence-electron chi connectivity index (χ3n) is 4.49. The van der Waals surface area contributed by atoms with Crippen LogP contribution >= 0.6 is 15.9 Å². The Balaban J connectivity index is 1.49. The maximum absolute atomic E-state index is 12.4. The molecule has 0 aromatic heterocycles. The first-order chi connectivity index (χ1) is 12.6. The van der Waals surface area contributed by atoms with Crippen molar-refractivity contribution in [3.63, 3.8) is 0 Å². The highest BCUT2D eigenvalue weighted by Crippen LogP contribution is 2.18. The summed E-state index contributed by atoms with van der Waals surface area (Å²) < 4.78 is 0.964. The molecule has 1 saturated heterocycles. The van der Waals surface area contributed by atoms with Crippen molar-refractivity contribution in [1.29, 1.82) is 0 Å². The van der Waals surface area contributed by atoms with Crippen LogP contribution in [0.5, 0.6) is 0 Å².